The number of aliphatic hydroxyl groups is 1. The first-order chi connectivity index (χ1) is 27.7. The summed E-state index contributed by atoms with van der Waals surface area (Å²) in [5.74, 6) is -1.41. The number of ether oxygens (including phenoxy) is 2. The monoisotopic (exact) mass is 839 g/mol. The predicted octanol–water partition coefficient (Wildman–Crippen LogP) is 5.28. The van der Waals surface area contributed by atoms with Gasteiger partial charge in [0.05, 0.1) is 24.3 Å². The van der Waals surface area contributed by atoms with Gasteiger partial charge in [0.1, 0.15) is 36.0 Å². The summed E-state index contributed by atoms with van der Waals surface area (Å²) in [4.78, 5) is 80.4. The Morgan fingerprint density at radius 2 is 1.66 bits per heavy atom. The number of aliphatic imine (C=N–C) groups is 1. The molecule has 10 atom stereocenters. The van der Waals surface area contributed by atoms with Crippen molar-refractivity contribution in [3.63, 3.8) is 0 Å². The van der Waals surface area contributed by atoms with Crippen molar-refractivity contribution >= 4 is 46.4 Å². The highest BCUT2D eigenvalue weighted by atomic mass is 32.2. The van der Waals surface area contributed by atoms with Crippen molar-refractivity contribution in [2.24, 2.45) is 28.2 Å². The lowest BCUT2D eigenvalue weighted by molar-refractivity contribution is -0.166. The summed E-state index contributed by atoms with van der Waals surface area (Å²) < 4.78 is 11.6. The number of carbonyl (C=O) groups excluding carboxylic acids is 5. The summed E-state index contributed by atoms with van der Waals surface area (Å²) >= 11 is 1.56. The van der Waals surface area contributed by atoms with E-state index in [0.717, 1.165) is 10.6 Å². The number of amides is 4. The molecule has 1 saturated heterocycles. The second-order valence-electron chi connectivity index (χ2n) is 18.1. The van der Waals surface area contributed by atoms with E-state index in [-0.39, 0.29) is 36.1 Å². The molecular weight excluding hydrogens is 771 g/mol. The summed E-state index contributed by atoms with van der Waals surface area (Å²) in [5.41, 5.74) is 0.758. The van der Waals surface area contributed by atoms with Crippen molar-refractivity contribution < 1.29 is 38.6 Å². The molecule has 3 heterocycles. The molecule has 1 aromatic carbocycles. The van der Waals surface area contributed by atoms with E-state index in [4.69, 9.17) is 14.5 Å². The van der Waals surface area contributed by atoms with E-state index in [2.05, 4.69) is 5.32 Å². The van der Waals surface area contributed by atoms with Gasteiger partial charge >= 0.3 is 5.97 Å². The molecule has 2 bridgehead atoms. The number of esters is 1. The first-order valence-corrected chi connectivity index (χ1v) is 22.2. The van der Waals surface area contributed by atoms with Gasteiger partial charge in [0.15, 0.2) is 0 Å². The Morgan fingerprint density at radius 1 is 1.00 bits per heavy atom. The number of aliphatic hydroxyl groups excluding tert-OH is 1. The molecule has 2 N–H and O–H groups in total. The average molecular weight is 840 g/mol. The molecule has 13 nitrogen and oxygen atoms in total. The molecular formula is C45H69N5O8S. The zero-order chi connectivity index (χ0) is 43.9. The van der Waals surface area contributed by atoms with Crippen LogP contribution in [0, 0.1) is 23.2 Å². The Balaban J connectivity index is 1.74. The van der Waals surface area contributed by atoms with Gasteiger partial charge in [-0.15, -0.1) is 11.8 Å². The number of fused-ring (bicyclic) bond motifs is 2. The summed E-state index contributed by atoms with van der Waals surface area (Å²) in [6.45, 7) is 17.6. The van der Waals surface area contributed by atoms with Crippen LogP contribution in [0.2, 0.25) is 0 Å². The zero-order valence-corrected chi connectivity index (χ0v) is 38.1. The number of hydrogen-bond donors (Lipinski definition) is 2. The van der Waals surface area contributed by atoms with Crippen LogP contribution in [0.4, 0.5) is 0 Å². The molecule has 328 valence electrons. The van der Waals surface area contributed by atoms with Crippen LogP contribution < -0.4 is 10.1 Å². The SMILES string of the molecule is CC[C@H](C)[C@H]1C(=O)N2CCC[C@H]2C(=O)O[C@H](C(C)(C)C)C[C@@H](C)C[C@@H](O)[C@H](C)C2=N[C@@H](C=C(C)C(=O)N[C@@H](Cc3ccc(OC)cc3)C(=O)N(C)[C@@H](C)C(=O)N1C)CS2. The highest BCUT2D eigenvalue weighted by Crippen LogP contribution is 2.34. The van der Waals surface area contributed by atoms with Crippen LogP contribution >= 0.6 is 11.8 Å². The first kappa shape index (κ1) is 47.8. The predicted molar refractivity (Wildman–Crippen MR) is 232 cm³/mol. The largest absolute Gasteiger partial charge is 0.497 e. The molecule has 0 aliphatic carbocycles. The number of likely N-dealkylation sites (N-methyl/N-ethyl adjacent to an activating group) is 2. The smallest absolute Gasteiger partial charge is 0.329 e. The second kappa shape index (κ2) is 20.6. The minimum atomic E-state index is -1.03. The highest BCUT2D eigenvalue weighted by molar-refractivity contribution is 8.14. The van der Waals surface area contributed by atoms with Crippen molar-refractivity contribution in [1.82, 2.24) is 20.0 Å². The number of carbonyl (C=O) groups is 5. The summed E-state index contributed by atoms with van der Waals surface area (Å²) in [5, 5.41) is 15.2. The van der Waals surface area contributed by atoms with Gasteiger partial charge in [0, 0.05) is 44.3 Å². The third kappa shape index (κ3) is 11.9. The van der Waals surface area contributed by atoms with Crippen LogP contribution in [0.3, 0.4) is 0 Å². The zero-order valence-electron chi connectivity index (χ0n) is 37.3. The Kier molecular flexibility index (Phi) is 16.7. The molecule has 3 aliphatic rings. The van der Waals surface area contributed by atoms with Gasteiger partial charge < -0.3 is 34.6 Å². The van der Waals surface area contributed by atoms with Gasteiger partial charge in [-0.05, 0) is 74.5 Å². The van der Waals surface area contributed by atoms with Gasteiger partial charge in [-0.2, -0.15) is 0 Å². The molecule has 4 rings (SSSR count). The number of nitrogens with one attached hydrogen (secondary N) is 1. The van der Waals surface area contributed by atoms with Gasteiger partial charge in [-0.25, -0.2) is 4.79 Å². The van der Waals surface area contributed by atoms with Gasteiger partial charge in [0.25, 0.3) is 0 Å². The Morgan fingerprint density at radius 3 is 2.27 bits per heavy atom. The van der Waals surface area contributed by atoms with Crippen LogP contribution in [0.15, 0.2) is 40.9 Å². The van der Waals surface area contributed by atoms with Crippen LogP contribution in [0.5, 0.6) is 5.75 Å². The standard InChI is InChI=1S/C45H69N5O8S/c1-13-27(3)38-43(55)50-20-14-15-35(50)44(56)58-37(45(7,8)9)22-26(2)21-36(51)29(5)40-46-32(25-59-40)23-28(4)39(52)47-34(24-31-16-18-33(57-12)19-17-31)42(54)48(10)30(6)41(53)49(38)11/h16-19,23,26-27,29-30,32,34-38,51H,13-15,20-22,24-25H2,1-12H3,(H,47,52)/t26-,27-,29-,30-,32-,34-,35-,36+,37-,38-/m0/s1. The topological polar surface area (TPSA) is 158 Å². The lowest BCUT2D eigenvalue weighted by Crippen LogP contribution is -2.59. The molecule has 1 aromatic rings. The van der Waals surface area contributed by atoms with E-state index in [0.29, 0.717) is 55.7 Å². The van der Waals surface area contributed by atoms with E-state index in [1.165, 1.54) is 16.8 Å². The fourth-order valence-electron chi connectivity index (χ4n) is 8.11. The molecule has 0 aromatic heterocycles. The van der Waals surface area contributed by atoms with Crippen molar-refractivity contribution in [3.8, 4) is 5.75 Å². The summed E-state index contributed by atoms with van der Waals surface area (Å²) in [7, 11) is 4.67. The van der Waals surface area contributed by atoms with E-state index in [1.54, 1.807) is 62.9 Å². The van der Waals surface area contributed by atoms with Gasteiger partial charge in [0.2, 0.25) is 23.6 Å². The number of cyclic esters (lactones) is 1. The molecule has 4 amide bonds. The van der Waals surface area contributed by atoms with E-state index >= 15 is 0 Å². The third-order valence-electron chi connectivity index (χ3n) is 12.4. The Bertz CT molecular complexity index is 1730. The van der Waals surface area contributed by atoms with Gasteiger partial charge in [-0.3, -0.25) is 24.2 Å². The van der Waals surface area contributed by atoms with Gasteiger partial charge in [-0.1, -0.05) is 73.1 Å². The van der Waals surface area contributed by atoms with Crippen molar-refractivity contribution in [1.29, 1.82) is 0 Å². The molecule has 0 spiro atoms. The molecule has 1 fully saturated rings. The normalized spacial score (nSPS) is 30.8. The quantitative estimate of drug-likeness (QED) is 0.377. The second-order valence-corrected chi connectivity index (χ2v) is 19.1. The van der Waals surface area contributed by atoms with E-state index < -0.39 is 65.5 Å². The number of benzene rings is 1. The molecule has 0 unspecified atom stereocenters. The summed E-state index contributed by atoms with van der Waals surface area (Å²) in [6, 6.07) is 3.19. The number of nitrogens with zero attached hydrogens (tertiary/aromatic N) is 4. The van der Waals surface area contributed by atoms with Crippen LogP contribution in [0.1, 0.15) is 100.0 Å². The first-order valence-electron chi connectivity index (χ1n) is 21.2. The minimum absolute atomic E-state index is 0.00274. The maximum Gasteiger partial charge on any atom is 0.329 e. The maximum absolute atomic E-state index is 14.6. The van der Waals surface area contributed by atoms with Crippen molar-refractivity contribution in [2.45, 2.75) is 143 Å². The fraction of sp³-hybridized carbons (Fsp3) is 0.689. The summed E-state index contributed by atoms with van der Waals surface area (Å²) in [6.07, 6.45) is 3.41. The fourth-order valence-corrected chi connectivity index (χ4v) is 9.25. The van der Waals surface area contributed by atoms with E-state index in [9.17, 15) is 29.1 Å². The molecule has 59 heavy (non-hydrogen) atoms. The van der Waals surface area contributed by atoms with Crippen molar-refractivity contribution in [2.75, 3.05) is 33.5 Å². The highest BCUT2D eigenvalue weighted by Gasteiger charge is 2.44. The lowest BCUT2D eigenvalue weighted by atomic mass is 9.81. The molecule has 3 aliphatic heterocycles. The number of hydrogen-bond acceptors (Lipinski definition) is 10. The maximum atomic E-state index is 14.6. The molecule has 14 heteroatoms. The van der Waals surface area contributed by atoms with Crippen LogP contribution in [-0.4, -0.2) is 130 Å². The third-order valence-corrected chi connectivity index (χ3v) is 13.7. The van der Waals surface area contributed by atoms with Crippen LogP contribution in [-0.2, 0) is 35.1 Å². The Labute approximate surface area is 356 Å². The number of methoxy groups -OCH3 is 1. The molecule has 0 radical (unpaired) electrons. The lowest BCUT2D eigenvalue weighted by Gasteiger charge is -2.39. The molecule has 0 saturated carbocycles. The van der Waals surface area contributed by atoms with Crippen molar-refractivity contribution in [3.05, 3.63) is 41.5 Å². The number of thioether (sulfide) groups is 1. The minimum Gasteiger partial charge on any atom is -0.497 e. The van der Waals surface area contributed by atoms with E-state index in [1.807, 2.05) is 60.6 Å². The average Bonchev–Trinajstić information content (AvgIpc) is 3.89. The van der Waals surface area contributed by atoms with Crippen LogP contribution in [0.25, 0.3) is 0 Å². The Hall–Kier alpha value is -3.91. The number of rotatable bonds is 5.